The van der Waals surface area contributed by atoms with Crippen molar-refractivity contribution < 1.29 is 18.7 Å². The standard InChI is InChI=1S/C11H11BrF2O2/c12-9-5-3-8(4-6-9)11(13,14)7-1-2-10(15)16/h3-6H,1-2,7H2,(H,15,16). The highest BCUT2D eigenvalue weighted by molar-refractivity contribution is 9.10. The van der Waals surface area contributed by atoms with Crippen molar-refractivity contribution in [2.45, 2.75) is 25.2 Å². The van der Waals surface area contributed by atoms with Crippen LogP contribution >= 0.6 is 15.9 Å². The highest BCUT2D eigenvalue weighted by atomic mass is 79.9. The summed E-state index contributed by atoms with van der Waals surface area (Å²) in [5.41, 5.74) is -0.0823. The Morgan fingerprint density at radius 1 is 1.31 bits per heavy atom. The maximum absolute atomic E-state index is 13.5. The molecule has 0 radical (unpaired) electrons. The summed E-state index contributed by atoms with van der Waals surface area (Å²) >= 11 is 3.16. The van der Waals surface area contributed by atoms with Gasteiger partial charge in [0, 0.05) is 22.9 Å². The number of halogens is 3. The van der Waals surface area contributed by atoms with Crippen molar-refractivity contribution >= 4 is 21.9 Å². The minimum absolute atomic E-state index is 0.0294. The van der Waals surface area contributed by atoms with Gasteiger partial charge in [0.2, 0.25) is 0 Å². The van der Waals surface area contributed by atoms with Crippen LogP contribution in [0.3, 0.4) is 0 Å². The van der Waals surface area contributed by atoms with E-state index >= 15 is 0 Å². The van der Waals surface area contributed by atoms with Crippen molar-refractivity contribution in [1.82, 2.24) is 0 Å². The molecule has 1 aromatic rings. The summed E-state index contributed by atoms with van der Waals surface area (Å²) in [7, 11) is 0. The van der Waals surface area contributed by atoms with E-state index in [1.165, 1.54) is 12.1 Å². The van der Waals surface area contributed by atoms with Crippen LogP contribution in [0.25, 0.3) is 0 Å². The molecule has 0 aliphatic heterocycles. The normalized spacial score (nSPS) is 11.4. The van der Waals surface area contributed by atoms with E-state index in [2.05, 4.69) is 15.9 Å². The van der Waals surface area contributed by atoms with E-state index in [0.29, 0.717) is 0 Å². The Morgan fingerprint density at radius 2 is 1.88 bits per heavy atom. The minimum atomic E-state index is -2.96. The quantitative estimate of drug-likeness (QED) is 0.896. The predicted octanol–water partition coefficient (Wildman–Crippen LogP) is 3.80. The van der Waals surface area contributed by atoms with Crippen LogP contribution in [0, 0.1) is 0 Å². The van der Waals surface area contributed by atoms with Gasteiger partial charge in [-0.25, -0.2) is 8.78 Å². The van der Waals surface area contributed by atoms with Crippen LogP contribution in [-0.4, -0.2) is 11.1 Å². The van der Waals surface area contributed by atoms with Crippen LogP contribution in [0.5, 0.6) is 0 Å². The molecule has 0 aromatic heterocycles. The first-order valence-corrected chi connectivity index (χ1v) is 5.57. The van der Waals surface area contributed by atoms with Crippen LogP contribution in [0.15, 0.2) is 28.7 Å². The predicted molar refractivity (Wildman–Crippen MR) is 59.5 cm³/mol. The molecular formula is C11H11BrF2O2. The Labute approximate surface area is 100 Å². The Morgan fingerprint density at radius 3 is 2.38 bits per heavy atom. The van der Waals surface area contributed by atoms with Crippen molar-refractivity contribution in [3.63, 3.8) is 0 Å². The molecule has 5 heteroatoms. The Hall–Kier alpha value is -0.970. The minimum Gasteiger partial charge on any atom is -0.481 e. The SMILES string of the molecule is O=C(O)CCCC(F)(F)c1ccc(Br)cc1. The van der Waals surface area contributed by atoms with Crippen molar-refractivity contribution in [3.05, 3.63) is 34.3 Å². The lowest BCUT2D eigenvalue weighted by Gasteiger charge is -2.16. The molecule has 0 bridgehead atoms. The van der Waals surface area contributed by atoms with E-state index in [1.807, 2.05) is 0 Å². The number of carboxylic acids is 1. The number of carbonyl (C=O) groups is 1. The lowest BCUT2D eigenvalue weighted by atomic mass is 10.0. The molecule has 0 fully saturated rings. The number of hydrogen-bond donors (Lipinski definition) is 1. The molecule has 0 saturated carbocycles. The highest BCUT2D eigenvalue weighted by Gasteiger charge is 2.30. The van der Waals surface area contributed by atoms with Gasteiger partial charge in [-0.15, -0.1) is 0 Å². The zero-order valence-electron chi connectivity index (χ0n) is 8.42. The van der Waals surface area contributed by atoms with Crippen molar-refractivity contribution in [1.29, 1.82) is 0 Å². The zero-order valence-corrected chi connectivity index (χ0v) is 10.0. The first-order valence-electron chi connectivity index (χ1n) is 4.77. The third-order valence-corrected chi connectivity index (χ3v) is 2.68. The van der Waals surface area contributed by atoms with E-state index in [4.69, 9.17) is 5.11 Å². The maximum Gasteiger partial charge on any atom is 0.303 e. The number of carboxylic acid groups (broad SMARTS) is 1. The Kier molecular flexibility index (Phi) is 4.41. The summed E-state index contributed by atoms with van der Waals surface area (Å²) in [6.07, 6.45) is -0.703. The maximum atomic E-state index is 13.5. The van der Waals surface area contributed by atoms with Crippen molar-refractivity contribution in [2.75, 3.05) is 0 Å². The summed E-state index contributed by atoms with van der Waals surface area (Å²) in [5, 5.41) is 8.37. The van der Waals surface area contributed by atoms with Crippen LogP contribution < -0.4 is 0 Å². The molecule has 2 nitrogen and oxygen atoms in total. The molecular weight excluding hydrogens is 282 g/mol. The van der Waals surface area contributed by atoms with Crippen LogP contribution in [-0.2, 0) is 10.7 Å². The van der Waals surface area contributed by atoms with Gasteiger partial charge in [-0.1, -0.05) is 28.1 Å². The molecule has 0 atom stereocenters. The fourth-order valence-corrected chi connectivity index (χ4v) is 1.56. The molecule has 1 N–H and O–H groups in total. The smallest absolute Gasteiger partial charge is 0.303 e. The number of benzene rings is 1. The monoisotopic (exact) mass is 292 g/mol. The summed E-state index contributed by atoms with van der Waals surface area (Å²) < 4.78 is 27.8. The number of aliphatic carboxylic acids is 1. The zero-order chi connectivity index (χ0) is 12.2. The van der Waals surface area contributed by atoms with Gasteiger partial charge in [0.1, 0.15) is 0 Å². The molecule has 1 aromatic carbocycles. The van der Waals surface area contributed by atoms with Gasteiger partial charge in [0.15, 0.2) is 0 Å². The van der Waals surface area contributed by atoms with E-state index in [0.717, 1.165) is 4.47 Å². The highest BCUT2D eigenvalue weighted by Crippen LogP contribution is 2.33. The van der Waals surface area contributed by atoms with E-state index in [9.17, 15) is 13.6 Å². The third kappa shape index (κ3) is 3.89. The van der Waals surface area contributed by atoms with Gasteiger partial charge < -0.3 is 5.11 Å². The Bertz CT molecular complexity index is 363. The number of rotatable bonds is 5. The van der Waals surface area contributed by atoms with Crippen LogP contribution in [0.1, 0.15) is 24.8 Å². The third-order valence-electron chi connectivity index (χ3n) is 2.15. The molecule has 0 saturated heterocycles. The van der Waals surface area contributed by atoms with Crippen molar-refractivity contribution in [2.24, 2.45) is 0 Å². The molecule has 1 rings (SSSR count). The summed E-state index contributed by atoms with van der Waals surface area (Å²) in [6, 6.07) is 5.76. The van der Waals surface area contributed by atoms with E-state index in [1.54, 1.807) is 12.1 Å². The fourth-order valence-electron chi connectivity index (χ4n) is 1.30. The second kappa shape index (κ2) is 5.39. The van der Waals surface area contributed by atoms with E-state index in [-0.39, 0.29) is 18.4 Å². The van der Waals surface area contributed by atoms with E-state index < -0.39 is 18.3 Å². The van der Waals surface area contributed by atoms with Gasteiger partial charge in [-0.05, 0) is 18.6 Å². The van der Waals surface area contributed by atoms with Gasteiger partial charge in [0.05, 0.1) is 0 Å². The molecule has 0 unspecified atom stereocenters. The average Bonchev–Trinajstić information content (AvgIpc) is 2.17. The largest absolute Gasteiger partial charge is 0.481 e. The second-order valence-corrected chi connectivity index (χ2v) is 4.37. The number of alkyl halides is 2. The first-order chi connectivity index (χ1) is 7.42. The lowest BCUT2D eigenvalue weighted by Crippen LogP contribution is -2.13. The van der Waals surface area contributed by atoms with Crippen molar-refractivity contribution in [3.8, 4) is 0 Å². The molecule has 88 valence electrons. The summed E-state index contributed by atoms with van der Waals surface area (Å²) in [4.78, 5) is 10.2. The first kappa shape index (κ1) is 13.1. The molecule has 0 spiro atoms. The molecule has 0 amide bonds. The van der Waals surface area contributed by atoms with Crippen LogP contribution in [0.4, 0.5) is 8.78 Å². The second-order valence-electron chi connectivity index (χ2n) is 3.46. The lowest BCUT2D eigenvalue weighted by molar-refractivity contribution is -0.137. The van der Waals surface area contributed by atoms with Gasteiger partial charge in [-0.3, -0.25) is 4.79 Å². The molecule has 0 aliphatic carbocycles. The van der Waals surface area contributed by atoms with Gasteiger partial charge >= 0.3 is 5.97 Å². The summed E-state index contributed by atoms with van der Waals surface area (Å²) in [6.45, 7) is 0. The summed E-state index contributed by atoms with van der Waals surface area (Å²) in [5.74, 6) is -4.01. The number of hydrogen-bond acceptors (Lipinski definition) is 1. The van der Waals surface area contributed by atoms with Crippen LogP contribution in [0.2, 0.25) is 0 Å². The average molecular weight is 293 g/mol. The molecule has 16 heavy (non-hydrogen) atoms. The topological polar surface area (TPSA) is 37.3 Å². The fraction of sp³-hybridized carbons (Fsp3) is 0.364. The van der Waals surface area contributed by atoms with Gasteiger partial charge in [-0.2, -0.15) is 0 Å². The van der Waals surface area contributed by atoms with Gasteiger partial charge in [0.25, 0.3) is 5.92 Å². The Balaban J connectivity index is 2.62. The molecule has 0 aliphatic rings. The molecule has 0 heterocycles.